The zero-order valence-electron chi connectivity index (χ0n) is 16.3. The molecule has 4 rings (SSSR count). The summed E-state index contributed by atoms with van der Waals surface area (Å²) in [5.74, 6) is 0.669. The second-order valence-electron chi connectivity index (χ2n) is 7.19. The molecule has 9 nitrogen and oxygen atoms in total. The topological polar surface area (TPSA) is 85.2 Å². The monoisotopic (exact) mass is 383 g/mol. The van der Waals surface area contributed by atoms with E-state index in [9.17, 15) is 4.79 Å². The molecule has 1 aliphatic heterocycles. The number of oxazole rings is 1. The van der Waals surface area contributed by atoms with Crippen LogP contribution in [0.5, 0.6) is 0 Å². The number of rotatable bonds is 6. The SMILES string of the molecule is Cc1cc(C)n(-c2ccc(=O)n(CCN3CCN(Cc4cocn4)CC3)n2)n1. The van der Waals surface area contributed by atoms with E-state index in [4.69, 9.17) is 4.42 Å². The molecule has 9 heteroatoms. The highest BCUT2D eigenvalue weighted by Gasteiger charge is 2.18. The largest absolute Gasteiger partial charge is 0.451 e. The van der Waals surface area contributed by atoms with Gasteiger partial charge in [0.05, 0.1) is 17.9 Å². The fourth-order valence-corrected chi connectivity index (χ4v) is 3.52. The normalized spacial score (nSPS) is 15.9. The van der Waals surface area contributed by atoms with Gasteiger partial charge in [-0.15, -0.1) is 5.10 Å². The molecule has 0 N–H and O–H groups in total. The maximum absolute atomic E-state index is 12.2. The molecule has 0 unspecified atom stereocenters. The van der Waals surface area contributed by atoms with Gasteiger partial charge < -0.3 is 4.42 Å². The Morgan fingerprint density at radius 1 is 1.04 bits per heavy atom. The third-order valence-electron chi connectivity index (χ3n) is 5.04. The number of aryl methyl sites for hydroxylation is 2. The maximum Gasteiger partial charge on any atom is 0.266 e. The molecule has 0 radical (unpaired) electrons. The van der Waals surface area contributed by atoms with Crippen LogP contribution in [0.25, 0.3) is 5.82 Å². The summed E-state index contributed by atoms with van der Waals surface area (Å²) in [5, 5.41) is 8.97. The van der Waals surface area contributed by atoms with Crippen LogP contribution in [0.3, 0.4) is 0 Å². The zero-order chi connectivity index (χ0) is 19.5. The van der Waals surface area contributed by atoms with Gasteiger partial charge >= 0.3 is 0 Å². The van der Waals surface area contributed by atoms with E-state index in [1.165, 1.54) is 11.1 Å². The van der Waals surface area contributed by atoms with Crippen molar-refractivity contribution < 1.29 is 4.42 Å². The first-order chi connectivity index (χ1) is 13.6. The number of nitrogens with zero attached hydrogens (tertiary/aromatic N) is 7. The Bertz CT molecular complexity index is 969. The summed E-state index contributed by atoms with van der Waals surface area (Å²) in [4.78, 5) is 21.1. The number of piperazine rings is 1. The molecule has 4 heterocycles. The molecule has 3 aromatic heterocycles. The summed E-state index contributed by atoms with van der Waals surface area (Å²) in [7, 11) is 0. The van der Waals surface area contributed by atoms with Crippen molar-refractivity contribution >= 4 is 0 Å². The Morgan fingerprint density at radius 2 is 1.82 bits per heavy atom. The first-order valence-electron chi connectivity index (χ1n) is 9.52. The second kappa shape index (κ2) is 8.07. The van der Waals surface area contributed by atoms with Crippen molar-refractivity contribution in [2.75, 3.05) is 32.7 Å². The van der Waals surface area contributed by atoms with E-state index in [-0.39, 0.29) is 5.56 Å². The highest BCUT2D eigenvalue weighted by Crippen LogP contribution is 2.09. The van der Waals surface area contributed by atoms with Crippen LogP contribution in [-0.4, -0.2) is 67.1 Å². The zero-order valence-corrected chi connectivity index (χ0v) is 16.3. The number of hydrogen-bond donors (Lipinski definition) is 0. The second-order valence-corrected chi connectivity index (χ2v) is 7.19. The summed E-state index contributed by atoms with van der Waals surface area (Å²) in [6.45, 7) is 9.98. The molecule has 0 spiro atoms. The first kappa shape index (κ1) is 18.6. The Hall–Kier alpha value is -2.78. The van der Waals surface area contributed by atoms with Gasteiger partial charge in [-0.1, -0.05) is 0 Å². The third kappa shape index (κ3) is 4.20. The van der Waals surface area contributed by atoms with Crippen molar-refractivity contribution in [3.63, 3.8) is 0 Å². The van der Waals surface area contributed by atoms with Gasteiger partial charge in [0, 0.05) is 51.0 Å². The van der Waals surface area contributed by atoms with Crippen molar-refractivity contribution in [3.8, 4) is 5.82 Å². The third-order valence-corrected chi connectivity index (χ3v) is 5.04. The molecule has 148 valence electrons. The van der Waals surface area contributed by atoms with Gasteiger partial charge in [-0.25, -0.2) is 14.3 Å². The average Bonchev–Trinajstić information content (AvgIpc) is 3.31. The Labute approximate surface area is 163 Å². The quantitative estimate of drug-likeness (QED) is 0.624. The fraction of sp³-hybridized carbons (Fsp3) is 0.474. The molecule has 1 saturated heterocycles. The van der Waals surface area contributed by atoms with Gasteiger partial charge in [-0.05, 0) is 26.0 Å². The lowest BCUT2D eigenvalue weighted by Gasteiger charge is -2.34. The summed E-state index contributed by atoms with van der Waals surface area (Å²) in [5.41, 5.74) is 2.80. The Morgan fingerprint density at radius 3 is 2.50 bits per heavy atom. The molecular formula is C19H25N7O2. The molecule has 0 saturated carbocycles. The van der Waals surface area contributed by atoms with Crippen LogP contribution in [-0.2, 0) is 13.1 Å². The Balaban J connectivity index is 1.34. The standard InChI is InChI=1S/C19H25N7O2/c1-15-11-16(2)26(21-15)18-3-4-19(27)25(22-18)10-9-23-5-7-24(8-6-23)12-17-13-28-14-20-17/h3-4,11,13-14H,5-10,12H2,1-2H3. The molecule has 0 aliphatic carbocycles. The lowest BCUT2D eigenvalue weighted by Crippen LogP contribution is -2.47. The molecule has 0 bridgehead atoms. The molecule has 0 atom stereocenters. The first-order valence-corrected chi connectivity index (χ1v) is 9.52. The molecule has 28 heavy (non-hydrogen) atoms. The highest BCUT2D eigenvalue weighted by molar-refractivity contribution is 5.23. The van der Waals surface area contributed by atoms with Crippen molar-refractivity contribution in [3.05, 3.63) is 58.3 Å². The summed E-state index contributed by atoms with van der Waals surface area (Å²) in [6, 6.07) is 5.28. The van der Waals surface area contributed by atoms with E-state index in [2.05, 4.69) is 25.0 Å². The van der Waals surface area contributed by atoms with Crippen LogP contribution in [0.1, 0.15) is 17.1 Å². The predicted octanol–water partition coefficient (Wildman–Crippen LogP) is 0.852. The average molecular weight is 383 g/mol. The highest BCUT2D eigenvalue weighted by atomic mass is 16.3. The van der Waals surface area contributed by atoms with Crippen LogP contribution in [0.15, 0.2) is 40.1 Å². The molecule has 1 aliphatic rings. The van der Waals surface area contributed by atoms with Gasteiger partial charge in [0.15, 0.2) is 12.2 Å². The molecular weight excluding hydrogens is 358 g/mol. The molecule has 0 amide bonds. The van der Waals surface area contributed by atoms with Crippen molar-refractivity contribution in [1.29, 1.82) is 0 Å². The van der Waals surface area contributed by atoms with Crippen LogP contribution < -0.4 is 5.56 Å². The Kier molecular flexibility index (Phi) is 5.36. The van der Waals surface area contributed by atoms with Crippen molar-refractivity contribution in [1.82, 2.24) is 34.3 Å². The van der Waals surface area contributed by atoms with E-state index in [1.807, 2.05) is 19.9 Å². The van der Waals surface area contributed by atoms with Crippen LogP contribution in [0.4, 0.5) is 0 Å². The van der Waals surface area contributed by atoms with E-state index in [0.717, 1.165) is 56.4 Å². The van der Waals surface area contributed by atoms with Gasteiger partial charge in [-0.3, -0.25) is 14.6 Å². The minimum Gasteiger partial charge on any atom is -0.451 e. The van der Waals surface area contributed by atoms with Gasteiger partial charge in [0.25, 0.3) is 5.56 Å². The van der Waals surface area contributed by atoms with E-state index >= 15 is 0 Å². The summed E-state index contributed by atoms with van der Waals surface area (Å²) >= 11 is 0. The number of aromatic nitrogens is 5. The van der Waals surface area contributed by atoms with Gasteiger partial charge in [-0.2, -0.15) is 5.10 Å². The number of hydrogen-bond acceptors (Lipinski definition) is 7. The molecule has 0 aromatic carbocycles. The van der Waals surface area contributed by atoms with Gasteiger partial charge in [0.2, 0.25) is 0 Å². The molecule has 3 aromatic rings. The minimum atomic E-state index is -0.0880. The van der Waals surface area contributed by atoms with Crippen molar-refractivity contribution in [2.45, 2.75) is 26.9 Å². The van der Waals surface area contributed by atoms with E-state index in [0.29, 0.717) is 12.4 Å². The lowest BCUT2D eigenvalue weighted by molar-refractivity contribution is 0.121. The van der Waals surface area contributed by atoms with Crippen LogP contribution >= 0.6 is 0 Å². The maximum atomic E-state index is 12.2. The van der Waals surface area contributed by atoms with Crippen LogP contribution in [0.2, 0.25) is 0 Å². The fourth-order valence-electron chi connectivity index (χ4n) is 3.52. The van der Waals surface area contributed by atoms with Crippen LogP contribution in [0, 0.1) is 13.8 Å². The smallest absolute Gasteiger partial charge is 0.266 e. The van der Waals surface area contributed by atoms with Crippen molar-refractivity contribution in [2.24, 2.45) is 0 Å². The van der Waals surface area contributed by atoms with E-state index < -0.39 is 0 Å². The molecule has 1 fully saturated rings. The summed E-state index contributed by atoms with van der Waals surface area (Å²) < 4.78 is 8.34. The minimum absolute atomic E-state index is 0.0880. The van der Waals surface area contributed by atoms with Gasteiger partial charge in [0.1, 0.15) is 6.26 Å². The summed E-state index contributed by atoms with van der Waals surface area (Å²) in [6.07, 6.45) is 3.16. The predicted molar refractivity (Wildman–Crippen MR) is 103 cm³/mol. The van der Waals surface area contributed by atoms with E-state index in [1.54, 1.807) is 23.1 Å². The lowest BCUT2D eigenvalue weighted by atomic mass is 10.3.